The van der Waals surface area contributed by atoms with Crippen molar-refractivity contribution < 1.29 is 37.0 Å². The first-order chi connectivity index (χ1) is 46.4. The van der Waals surface area contributed by atoms with Crippen molar-refractivity contribution in [2.24, 2.45) is 21.1 Å². The summed E-state index contributed by atoms with van der Waals surface area (Å²) in [6.45, 7) is 34.3. The maximum atomic E-state index is 11.9. The highest BCUT2D eigenvalue weighted by Gasteiger charge is 2.12. The molecule has 11 rings (SSSR count). The zero-order valence-corrected chi connectivity index (χ0v) is 63.3. The Morgan fingerprint density at radius 3 is 1.02 bits per heavy atom. The van der Waals surface area contributed by atoms with Crippen molar-refractivity contribution in [1.29, 1.82) is 0 Å². The van der Waals surface area contributed by atoms with Gasteiger partial charge in [0, 0.05) is 101 Å². The Morgan fingerprint density at radius 2 is 0.680 bits per heavy atom. The molecule has 0 spiro atoms. The number of quaternary nitrogens is 1. The van der Waals surface area contributed by atoms with E-state index in [4.69, 9.17) is 0 Å². The standard InChI is InChI=1S/C14H14NO.C12H12N.C10H16N.C10H12O.C9H12.C8H12N.3C7H10N.2C2H6/c1-12-5-7-13(8-6-12)14(16)11-15-9-3-2-4-10-15;1-11-5-7-12(8-6-11)13-9-3-2-4-10-13;1-9-5-7-10(8-6-9)11(2,3)4;1-3-10(11)9-6-4-8(2)5-7-9;2*1-3-9-6-4-8(2)5-7-9;1-7-3-5-8(2)6-4-7;2*1-7-4-3-5-8(2)6-7;2*1-2/h2-10H,11H2,1H3;2-10H,1H3;5-8H,1-4H3;4-7H,3H2,1-2H3;2*4-7H,3H2,1-2H3;3*3-6H,1-2H3;2*1-2H3/q3*+1;;;4*+1;;. The molecule has 0 saturated carbocycles. The van der Waals surface area contributed by atoms with Crippen molar-refractivity contribution in [1.82, 2.24) is 4.48 Å². The lowest BCUT2D eigenvalue weighted by atomic mass is 10.1. The molecule has 6 aromatic heterocycles. The Kier molecular flexibility index (Phi) is 43.8. The first-order valence-corrected chi connectivity index (χ1v) is 34.2. The molecule has 0 aliphatic rings. The molecular formula is C88H120N7O2+7. The van der Waals surface area contributed by atoms with Gasteiger partial charge in [-0.05, 0) is 117 Å². The highest BCUT2D eigenvalue weighted by Crippen LogP contribution is 2.16. The molecule has 512 valence electrons. The first-order valence-electron chi connectivity index (χ1n) is 34.2. The van der Waals surface area contributed by atoms with Crippen molar-refractivity contribution >= 4 is 17.3 Å². The van der Waals surface area contributed by atoms with Gasteiger partial charge in [-0.2, -0.15) is 9.13 Å². The number of aromatic nitrogens is 6. The van der Waals surface area contributed by atoms with Crippen LogP contribution in [0.15, 0.2) is 281 Å². The fourth-order valence-corrected chi connectivity index (χ4v) is 8.38. The largest absolute Gasteiger partial charge is 0.298 e. The van der Waals surface area contributed by atoms with Gasteiger partial charge in [0.2, 0.25) is 18.0 Å². The fourth-order valence-electron chi connectivity index (χ4n) is 8.38. The zero-order chi connectivity index (χ0) is 72.6. The number of pyridine rings is 6. The van der Waals surface area contributed by atoms with E-state index in [2.05, 4.69) is 227 Å². The van der Waals surface area contributed by atoms with Gasteiger partial charge in [0.15, 0.2) is 80.1 Å². The van der Waals surface area contributed by atoms with Gasteiger partial charge in [0.05, 0.1) is 21.1 Å². The van der Waals surface area contributed by atoms with Crippen LogP contribution in [0.4, 0.5) is 5.69 Å². The number of carbonyl (C=O) groups excluding carboxylic acids is 2. The number of aryl methyl sites for hydroxylation is 14. The minimum Gasteiger partial charge on any atom is -0.298 e. The van der Waals surface area contributed by atoms with Crippen molar-refractivity contribution in [2.75, 3.05) is 21.1 Å². The van der Waals surface area contributed by atoms with Crippen LogP contribution in [0.1, 0.15) is 131 Å². The van der Waals surface area contributed by atoms with Crippen LogP contribution in [-0.2, 0) is 40.7 Å². The average molecular weight is 1310 g/mol. The number of carbonyl (C=O) groups is 2. The summed E-state index contributed by atoms with van der Waals surface area (Å²) in [6.07, 6.45) is 26.1. The second-order valence-corrected chi connectivity index (χ2v) is 24.1. The molecule has 0 radical (unpaired) electrons. The third kappa shape index (κ3) is 39.7. The van der Waals surface area contributed by atoms with E-state index < -0.39 is 0 Å². The van der Waals surface area contributed by atoms with Crippen molar-refractivity contribution in [2.45, 2.75) is 137 Å². The van der Waals surface area contributed by atoms with E-state index in [1.54, 1.807) is 0 Å². The van der Waals surface area contributed by atoms with E-state index in [0.29, 0.717) is 13.0 Å². The van der Waals surface area contributed by atoms with Gasteiger partial charge >= 0.3 is 0 Å². The molecule has 0 fully saturated rings. The molecule has 0 atom stereocenters. The Labute approximate surface area is 587 Å². The monoisotopic (exact) mass is 1310 g/mol. The van der Waals surface area contributed by atoms with Crippen LogP contribution in [0.5, 0.6) is 0 Å². The summed E-state index contributed by atoms with van der Waals surface area (Å²) in [5, 5.41) is 0. The van der Waals surface area contributed by atoms with Crippen LogP contribution < -0.4 is 31.9 Å². The van der Waals surface area contributed by atoms with Gasteiger partial charge in [-0.3, -0.25) is 14.1 Å². The summed E-state index contributed by atoms with van der Waals surface area (Å²) in [7, 11) is 12.6. The fraction of sp³-hybridized carbons (Fsp3) is 0.295. The molecule has 6 heterocycles. The summed E-state index contributed by atoms with van der Waals surface area (Å²) < 4.78 is 13.1. The predicted octanol–water partition coefficient (Wildman–Crippen LogP) is 17.6. The van der Waals surface area contributed by atoms with E-state index in [0.717, 1.165) is 28.6 Å². The molecule has 97 heavy (non-hydrogen) atoms. The predicted molar refractivity (Wildman–Crippen MR) is 409 cm³/mol. The highest BCUT2D eigenvalue weighted by molar-refractivity contribution is 5.96. The Balaban J connectivity index is 0.000000547. The molecule has 0 N–H and O–H groups in total. The maximum absolute atomic E-state index is 11.9. The second kappa shape index (κ2) is 49.8. The summed E-state index contributed by atoms with van der Waals surface area (Å²) in [4.78, 5) is 23.0. The SMILES string of the molecule is CC.CC.CCC(=O)c1ccc(C)cc1.CC[n+]1ccc(C)cc1.CCc1ccc(C)cc1.Cc1cc[n+](C)cc1.Cc1ccc(-[n+]2ccccc2)cc1.Cc1ccc(C(=O)C[n+]2ccccc2)cc1.Cc1ccc([N+](C)(C)C)cc1.Cc1ccc[n+](C)c1.Cc1ccc[n+](C)c1. The Bertz CT molecular complexity index is 3650. The van der Waals surface area contributed by atoms with E-state index in [1.807, 2.05) is 235 Å². The average Bonchev–Trinajstić information content (AvgIpc) is 1.09. The topological polar surface area (TPSA) is 57.4 Å². The van der Waals surface area contributed by atoms with Gasteiger partial charge in [0.25, 0.3) is 0 Å². The van der Waals surface area contributed by atoms with Crippen molar-refractivity contribution in [3.05, 3.63) is 347 Å². The van der Waals surface area contributed by atoms with Crippen LogP contribution in [0.3, 0.4) is 0 Å². The Hall–Kier alpha value is -9.70. The van der Waals surface area contributed by atoms with E-state index in [-0.39, 0.29) is 11.6 Å². The first kappa shape index (κ1) is 85.3. The van der Waals surface area contributed by atoms with Crippen LogP contribution in [0.25, 0.3) is 5.69 Å². The third-order valence-electron chi connectivity index (χ3n) is 14.3. The zero-order valence-electron chi connectivity index (χ0n) is 63.3. The summed E-state index contributed by atoms with van der Waals surface area (Å²) >= 11 is 0. The molecule has 11 aromatic rings. The van der Waals surface area contributed by atoms with Gasteiger partial charge < -0.3 is 0 Å². The Morgan fingerprint density at radius 1 is 0.330 bits per heavy atom. The van der Waals surface area contributed by atoms with E-state index in [9.17, 15) is 9.59 Å². The molecule has 9 heteroatoms. The quantitative estimate of drug-likeness (QED) is 0.0821. The minimum absolute atomic E-state index is 0.135. The smallest absolute Gasteiger partial charge is 0.227 e. The normalized spacial score (nSPS) is 9.59. The summed E-state index contributed by atoms with van der Waals surface area (Å²) in [5.41, 5.74) is 17.1. The van der Waals surface area contributed by atoms with Gasteiger partial charge in [-0.1, -0.05) is 179 Å². The van der Waals surface area contributed by atoms with Crippen molar-refractivity contribution in [3.8, 4) is 5.69 Å². The molecule has 0 saturated heterocycles. The number of hydrogen-bond acceptors (Lipinski definition) is 2. The number of ketones is 2. The molecule has 0 amide bonds. The van der Waals surface area contributed by atoms with E-state index in [1.165, 1.54) is 67.0 Å². The molecule has 0 unspecified atom stereocenters. The lowest BCUT2D eigenvalue weighted by Crippen LogP contribution is -2.36. The summed E-state index contributed by atoms with van der Waals surface area (Å²) in [5.74, 6) is 0.348. The maximum Gasteiger partial charge on any atom is 0.227 e. The summed E-state index contributed by atoms with van der Waals surface area (Å²) in [6, 6.07) is 69.6. The molecule has 9 nitrogen and oxygen atoms in total. The van der Waals surface area contributed by atoms with Gasteiger partial charge in [-0.25, -0.2) is 18.3 Å². The van der Waals surface area contributed by atoms with Crippen molar-refractivity contribution in [3.63, 3.8) is 0 Å². The number of rotatable bonds is 9. The number of Topliss-reactive ketones (excluding diaryl/α,β-unsaturated/α-hetero) is 2. The number of hydrogen-bond donors (Lipinski definition) is 0. The minimum atomic E-state index is 0.135. The van der Waals surface area contributed by atoms with E-state index >= 15 is 0 Å². The second-order valence-electron chi connectivity index (χ2n) is 24.1. The van der Waals surface area contributed by atoms with Crippen LogP contribution in [-0.4, -0.2) is 32.7 Å². The molecule has 5 aromatic carbocycles. The number of nitrogens with zero attached hydrogens (tertiary/aromatic N) is 7. The molecule has 0 aliphatic heterocycles. The molecule has 0 aliphatic carbocycles. The van der Waals surface area contributed by atoms with Gasteiger partial charge in [-0.15, -0.1) is 0 Å². The van der Waals surface area contributed by atoms with Gasteiger partial charge in [0.1, 0.15) is 33.4 Å². The molecule has 0 bridgehead atoms. The lowest BCUT2D eigenvalue weighted by molar-refractivity contribution is -0.693. The van der Waals surface area contributed by atoms with Crippen LogP contribution >= 0.6 is 0 Å². The van der Waals surface area contributed by atoms with Crippen LogP contribution in [0, 0.1) is 62.3 Å². The number of benzene rings is 5. The highest BCUT2D eigenvalue weighted by atomic mass is 16.1. The lowest BCUT2D eigenvalue weighted by Gasteiger charge is -2.23. The third-order valence-corrected chi connectivity index (χ3v) is 14.3. The molecular weight excluding hydrogens is 1190 g/mol. The van der Waals surface area contributed by atoms with Crippen LogP contribution in [0.2, 0.25) is 0 Å².